The van der Waals surface area contributed by atoms with Gasteiger partial charge in [-0.3, -0.25) is 4.98 Å². The molecule has 170 valence electrons. The fourth-order valence-corrected chi connectivity index (χ4v) is 3.52. The largest absolute Gasteiger partial charge is 0.508 e. The molecule has 1 unspecified atom stereocenters. The lowest BCUT2D eigenvalue weighted by atomic mass is 9.97. The van der Waals surface area contributed by atoms with Crippen LogP contribution in [0.15, 0.2) is 85.3 Å². The van der Waals surface area contributed by atoms with Gasteiger partial charge in [-0.25, -0.2) is 14.8 Å². The normalized spacial score (nSPS) is 11.4. The van der Waals surface area contributed by atoms with Gasteiger partial charge < -0.3 is 21.1 Å². The average Bonchev–Trinajstić information content (AvgIpc) is 2.86. The minimum atomic E-state index is -0.640. The second kappa shape index (κ2) is 10.4. The number of benzene rings is 2. The molecule has 0 aliphatic rings. The molecule has 2 amide bonds. The Morgan fingerprint density at radius 3 is 2.50 bits per heavy atom. The van der Waals surface area contributed by atoms with Crippen molar-refractivity contribution in [1.29, 1.82) is 5.41 Å². The zero-order valence-corrected chi connectivity index (χ0v) is 18.6. The summed E-state index contributed by atoms with van der Waals surface area (Å²) >= 11 is 0. The molecule has 1 atom stereocenters. The lowest BCUT2D eigenvalue weighted by molar-refractivity contribution is 0.248. The summed E-state index contributed by atoms with van der Waals surface area (Å²) in [6.07, 6.45) is 4.96. The Labute approximate surface area is 197 Å². The third-order valence-electron chi connectivity index (χ3n) is 5.30. The molecule has 0 aliphatic carbocycles. The van der Waals surface area contributed by atoms with Gasteiger partial charge in [-0.05, 0) is 19.1 Å². The molecule has 4 rings (SSSR count). The molecule has 4 N–H and O–H groups in total. The van der Waals surface area contributed by atoms with Gasteiger partial charge in [0.1, 0.15) is 5.75 Å². The van der Waals surface area contributed by atoms with E-state index < -0.39 is 12.1 Å². The number of aryl methyl sites for hydroxylation is 1. The number of nitrogens with one attached hydrogen (secondary N) is 3. The summed E-state index contributed by atoms with van der Waals surface area (Å²) in [5.74, 6) is 0.611. The number of phenols is 1. The first-order valence-corrected chi connectivity index (χ1v) is 10.7. The zero-order chi connectivity index (χ0) is 23.9. The summed E-state index contributed by atoms with van der Waals surface area (Å²) < 4.78 is 0. The van der Waals surface area contributed by atoms with E-state index in [4.69, 9.17) is 5.41 Å². The number of carbonyl (C=O) groups excluding carboxylic acids is 1. The van der Waals surface area contributed by atoms with E-state index in [1.165, 1.54) is 0 Å². The highest BCUT2D eigenvalue weighted by molar-refractivity contribution is 5.99. The topological polar surface area (TPSA) is 124 Å². The molecular formula is C26H24N6O2. The zero-order valence-electron chi connectivity index (χ0n) is 18.6. The molecular weight excluding hydrogens is 428 g/mol. The Hall–Kier alpha value is -4.59. The first-order chi connectivity index (χ1) is 16.5. The number of phenolic OH excluding ortho intramolecular Hbond substituents is 1. The number of amides is 2. The molecule has 0 saturated heterocycles. The molecule has 0 fully saturated rings. The molecule has 8 nitrogen and oxygen atoms in total. The van der Waals surface area contributed by atoms with E-state index in [0.29, 0.717) is 28.3 Å². The molecule has 0 saturated carbocycles. The van der Waals surface area contributed by atoms with E-state index in [9.17, 15) is 9.90 Å². The number of aromatic hydroxyl groups is 1. The molecule has 0 spiro atoms. The Morgan fingerprint density at radius 1 is 1.03 bits per heavy atom. The van der Waals surface area contributed by atoms with E-state index >= 15 is 0 Å². The van der Waals surface area contributed by atoms with Crippen LogP contribution in [0.4, 0.5) is 10.5 Å². The van der Waals surface area contributed by atoms with Gasteiger partial charge in [0.2, 0.25) is 0 Å². The number of nitrogens with zero attached hydrogens (tertiary/aromatic N) is 3. The molecule has 0 bridgehead atoms. The molecule has 8 heteroatoms. The van der Waals surface area contributed by atoms with Crippen molar-refractivity contribution < 1.29 is 9.90 Å². The van der Waals surface area contributed by atoms with Crippen LogP contribution in [-0.4, -0.2) is 31.8 Å². The van der Waals surface area contributed by atoms with E-state index in [1.807, 2.05) is 30.3 Å². The van der Waals surface area contributed by atoms with Crippen molar-refractivity contribution >= 4 is 17.4 Å². The summed E-state index contributed by atoms with van der Waals surface area (Å²) in [5, 5.41) is 24.5. The van der Waals surface area contributed by atoms with Crippen LogP contribution in [0.2, 0.25) is 0 Å². The molecule has 34 heavy (non-hydrogen) atoms. The predicted octanol–water partition coefficient (Wildman–Crippen LogP) is 4.87. The van der Waals surface area contributed by atoms with Gasteiger partial charge in [0, 0.05) is 41.2 Å². The first-order valence-electron chi connectivity index (χ1n) is 10.7. The van der Waals surface area contributed by atoms with Crippen LogP contribution < -0.4 is 10.6 Å². The van der Waals surface area contributed by atoms with Gasteiger partial charge in [-0.15, -0.1) is 0 Å². The Kier molecular flexibility index (Phi) is 6.88. The van der Waals surface area contributed by atoms with Gasteiger partial charge >= 0.3 is 6.03 Å². The minimum absolute atomic E-state index is 0.0403. The SMILES string of the molecule is Cc1nc(-c2ccccc2)ncc1NC(=O)NC(CC(=N)c1cccnc1)c1ccccc1O. The third kappa shape index (κ3) is 5.42. The first kappa shape index (κ1) is 22.6. The van der Waals surface area contributed by atoms with Gasteiger partial charge in [0.25, 0.3) is 0 Å². The van der Waals surface area contributed by atoms with Crippen molar-refractivity contribution in [3.8, 4) is 17.1 Å². The molecule has 2 aromatic heterocycles. The van der Waals surface area contributed by atoms with Crippen LogP contribution in [-0.2, 0) is 0 Å². The molecule has 0 radical (unpaired) electrons. The maximum Gasteiger partial charge on any atom is 0.319 e. The van der Waals surface area contributed by atoms with Gasteiger partial charge in [0.15, 0.2) is 5.82 Å². The van der Waals surface area contributed by atoms with Crippen molar-refractivity contribution in [2.75, 3.05) is 5.32 Å². The maximum atomic E-state index is 12.9. The Balaban J connectivity index is 1.51. The fraction of sp³-hybridized carbons (Fsp3) is 0.115. The molecule has 2 aromatic carbocycles. The number of anilines is 1. The van der Waals surface area contributed by atoms with Crippen molar-refractivity contribution in [2.24, 2.45) is 0 Å². The highest BCUT2D eigenvalue weighted by Crippen LogP contribution is 2.27. The predicted molar refractivity (Wildman–Crippen MR) is 131 cm³/mol. The monoisotopic (exact) mass is 452 g/mol. The van der Waals surface area contributed by atoms with Crippen molar-refractivity contribution in [2.45, 2.75) is 19.4 Å². The standard InChI is InChI=1S/C26H24N6O2/c1-17-23(16-29-25(30-17)18-8-3-2-4-9-18)32-26(34)31-22(20-11-5-6-12-24(20)33)14-21(27)19-10-7-13-28-15-19/h2-13,15-16,22,27,33H,14H2,1H3,(H2,31,32,34). The van der Waals surface area contributed by atoms with Crippen LogP contribution in [0.3, 0.4) is 0 Å². The second-order valence-electron chi connectivity index (χ2n) is 7.69. The van der Waals surface area contributed by atoms with Gasteiger partial charge in [-0.2, -0.15) is 0 Å². The van der Waals surface area contributed by atoms with Crippen molar-refractivity contribution in [1.82, 2.24) is 20.3 Å². The number of hydrogen-bond acceptors (Lipinski definition) is 6. The number of rotatable bonds is 7. The third-order valence-corrected chi connectivity index (χ3v) is 5.30. The molecule has 4 aromatic rings. The van der Waals surface area contributed by atoms with E-state index in [1.54, 1.807) is 61.9 Å². The van der Waals surface area contributed by atoms with Crippen LogP contribution >= 0.6 is 0 Å². The lowest BCUT2D eigenvalue weighted by Crippen LogP contribution is -2.34. The maximum absolute atomic E-state index is 12.9. The molecule has 2 heterocycles. The van der Waals surface area contributed by atoms with E-state index in [-0.39, 0.29) is 17.9 Å². The smallest absolute Gasteiger partial charge is 0.319 e. The van der Waals surface area contributed by atoms with Crippen LogP contribution in [0, 0.1) is 12.3 Å². The number of aromatic nitrogens is 3. The molecule has 0 aliphatic heterocycles. The van der Waals surface area contributed by atoms with Crippen LogP contribution in [0.1, 0.15) is 29.3 Å². The Bertz CT molecular complexity index is 1300. The summed E-state index contributed by atoms with van der Waals surface area (Å²) in [7, 11) is 0. The number of hydrogen-bond donors (Lipinski definition) is 4. The van der Waals surface area contributed by atoms with E-state index in [2.05, 4.69) is 25.6 Å². The average molecular weight is 453 g/mol. The minimum Gasteiger partial charge on any atom is -0.508 e. The van der Waals surface area contributed by atoms with Crippen molar-refractivity contribution in [3.63, 3.8) is 0 Å². The highest BCUT2D eigenvalue weighted by Gasteiger charge is 2.21. The van der Waals surface area contributed by atoms with Crippen LogP contribution in [0.25, 0.3) is 11.4 Å². The summed E-state index contributed by atoms with van der Waals surface area (Å²) in [5.41, 5.74) is 3.41. The number of urea groups is 1. The second-order valence-corrected chi connectivity index (χ2v) is 7.69. The van der Waals surface area contributed by atoms with E-state index in [0.717, 1.165) is 5.56 Å². The van der Waals surface area contributed by atoms with Crippen LogP contribution in [0.5, 0.6) is 5.75 Å². The summed E-state index contributed by atoms with van der Waals surface area (Å²) in [4.78, 5) is 25.8. The quantitative estimate of drug-likeness (QED) is 0.298. The van der Waals surface area contributed by atoms with Crippen molar-refractivity contribution in [3.05, 3.63) is 102 Å². The highest BCUT2D eigenvalue weighted by atomic mass is 16.3. The lowest BCUT2D eigenvalue weighted by Gasteiger charge is -2.21. The summed E-state index contributed by atoms with van der Waals surface area (Å²) in [6.45, 7) is 1.79. The number of para-hydroxylation sites is 1. The van der Waals surface area contributed by atoms with Gasteiger partial charge in [0.05, 0.1) is 23.6 Å². The Morgan fingerprint density at radius 2 is 1.79 bits per heavy atom. The fourth-order valence-electron chi connectivity index (χ4n) is 3.52. The number of pyridine rings is 1. The van der Waals surface area contributed by atoms with Gasteiger partial charge in [-0.1, -0.05) is 54.6 Å². The summed E-state index contributed by atoms with van der Waals surface area (Å²) in [6, 6.07) is 18.7. The number of carbonyl (C=O) groups is 1.